The van der Waals surface area contributed by atoms with Crippen molar-refractivity contribution in [2.75, 3.05) is 0 Å². The Hall–Kier alpha value is -5.67. The molecule has 8 aromatic carbocycles. The quantitative estimate of drug-likeness (QED) is 0.162. The van der Waals surface area contributed by atoms with Crippen molar-refractivity contribution < 1.29 is 9.59 Å². The average molecular weight is 550 g/mol. The number of carbonyl (C=O) groups is 2. The van der Waals surface area contributed by atoms with Crippen LogP contribution in [0, 0.1) is 6.92 Å². The summed E-state index contributed by atoms with van der Waals surface area (Å²) >= 11 is 0. The molecule has 1 aromatic heterocycles. The van der Waals surface area contributed by atoms with Gasteiger partial charge in [0.2, 0.25) is 11.6 Å². The maximum atomic E-state index is 14.1. The van der Waals surface area contributed by atoms with Crippen molar-refractivity contribution in [1.29, 1.82) is 0 Å². The highest BCUT2D eigenvalue weighted by Gasteiger charge is 2.22. The van der Waals surface area contributed by atoms with E-state index in [4.69, 9.17) is 4.98 Å². The highest BCUT2D eigenvalue weighted by molar-refractivity contribution is 6.29. The van der Waals surface area contributed by atoms with Crippen LogP contribution in [-0.4, -0.2) is 16.6 Å². The maximum absolute atomic E-state index is 14.1. The summed E-state index contributed by atoms with van der Waals surface area (Å²) in [5.41, 5.74) is 2.54. The summed E-state index contributed by atoms with van der Waals surface area (Å²) < 4.78 is 0. The lowest BCUT2D eigenvalue weighted by Gasteiger charge is -2.14. The summed E-state index contributed by atoms with van der Waals surface area (Å²) in [5, 5.41) is 13.1. The zero-order chi connectivity index (χ0) is 28.8. The van der Waals surface area contributed by atoms with E-state index in [0.29, 0.717) is 11.1 Å². The van der Waals surface area contributed by atoms with Gasteiger partial charge in [-0.15, -0.1) is 0 Å². The van der Waals surface area contributed by atoms with Crippen LogP contribution in [0.3, 0.4) is 0 Å². The van der Waals surface area contributed by atoms with Gasteiger partial charge in [0.15, 0.2) is 0 Å². The van der Waals surface area contributed by atoms with E-state index in [1.165, 1.54) is 0 Å². The first-order valence-corrected chi connectivity index (χ1v) is 14.5. The number of hydrogen-bond acceptors (Lipinski definition) is 3. The van der Waals surface area contributed by atoms with Crippen molar-refractivity contribution in [3.05, 3.63) is 149 Å². The molecule has 0 fully saturated rings. The Morgan fingerprint density at radius 2 is 0.791 bits per heavy atom. The Morgan fingerprint density at radius 3 is 1.21 bits per heavy atom. The van der Waals surface area contributed by atoms with Gasteiger partial charge in [-0.3, -0.25) is 9.59 Å². The van der Waals surface area contributed by atoms with Crippen LogP contribution in [0.1, 0.15) is 37.7 Å². The fourth-order valence-corrected chi connectivity index (χ4v) is 7.04. The molecule has 0 saturated heterocycles. The first-order valence-electron chi connectivity index (χ1n) is 14.5. The van der Waals surface area contributed by atoms with Gasteiger partial charge in [-0.25, -0.2) is 4.98 Å². The number of aromatic nitrogens is 1. The second kappa shape index (κ2) is 8.67. The summed E-state index contributed by atoms with van der Waals surface area (Å²) in [5.74, 6) is -0.378. The molecule has 9 rings (SSSR count). The van der Waals surface area contributed by atoms with Gasteiger partial charge in [0.1, 0.15) is 11.4 Å². The molecule has 3 nitrogen and oxygen atoms in total. The molecule has 0 radical (unpaired) electrons. The van der Waals surface area contributed by atoms with Crippen molar-refractivity contribution in [3.63, 3.8) is 0 Å². The second-order valence-electron chi connectivity index (χ2n) is 11.5. The average Bonchev–Trinajstić information content (AvgIpc) is 3.05. The molecule has 0 saturated carbocycles. The molecule has 3 heteroatoms. The fourth-order valence-electron chi connectivity index (χ4n) is 7.04. The molecule has 0 aliphatic rings. The van der Waals surface area contributed by atoms with E-state index in [-0.39, 0.29) is 23.0 Å². The SMILES string of the molecule is Cc1cc(C(=O)c2ccc3ccc4cccc5ccc2c3c45)nc(C(=O)c2ccc3ccc4cccc5ccc2c3c45)c1. The molecule has 0 bridgehead atoms. The van der Waals surface area contributed by atoms with E-state index < -0.39 is 0 Å². The number of ketones is 2. The zero-order valence-electron chi connectivity index (χ0n) is 23.3. The molecule has 200 valence electrons. The molecule has 0 aliphatic carbocycles. The van der Waals surface area contributed by atoms with Crippen LogP contribution in [0.5, 0.6) is 0 Å². The molecule has 1 heterocycles. The number of hydrogen-bond donors (Lipinski definition) is 0. The number of carbonyl (C=O) groups excluding carboxylic acids is 2. The van der Waals surface area contributed by atoms with E-state index in [0.717, 1.165) is 70.2 Å². The Labute approximate surface area is 246 Å². The van der Waals surface area contributed by atoms with Crippen molar-refractivity contribution in [2.45, 2.75) is 6.92 Å². The van der Waals surface area contributed by atoms with E-state index in [1.54, 1.807) is 12.1 Å². The smallest absolute Gasteiger partial charge is 0.211 e. The van der Waals surface area contributed by atoms with E-state index in [2.05, 4.69) is 72.8 Å². The number of benzene rings is 8. The molecular formula is C40H23NO2. The largest absolute Gasteiger partial charge is 0.287 e. The lowest BCUT2D eigenvalue weighted by molar-refractivity contribution is 0.103. The summed E-state index contributed by atoms with van der Waals surface area (Å²) in [6.07, 6.45) is 0. The minimum absolute atomic E-state index is 0.189. The van der Waals surface area contributed by atoms with Gasteiger partial charge in [-0.1, -0.05) is 97.1 Å². The van der Waals surface area contributed by atoms with Crippen LogP contribution in [0.4, 0.5) is 0 Å². The van der Waals surface area contributed by atoms with Crippen molar-refractivity contribution in [3.8, 4) is 0 Å². The number of nitrogens with zero attached hydrogens (tertiary/aromatic N) is 1. The van der Waals surface area contributed by atoms with Crippen molar-refractivity contribution in [2.24, 2.45) is 0 Å². The Balaban J connectivity index is 1.19. The zero-order valence-corrected chi connectivity index (χ0v) is 23.3. The van der Waals surface area contributed by atoms with Gasteiger partial charge in [-0.05, 0) is 101 Å². The minimum Gasteiger partial charge on any atom is -0.287 e. The van der Waals surface area contributed by atoms with E-state index in [9.17, 15) is 9.59 Å². The molecule has 0 spiro atoms. The third-order valence-corrected chi connectivity index (χ3v) is 8.98. The van der Waals surface area contributed by atoms with Crippen LogP contribution in [0.25, 0.3) is 64.6 Å². The molecule has 0 aliphatic heterocycles. The van der Waals surface area contributed by atoms with Gasteiger partial charge >= 0.3 is 0 Å². The molecule has 0 amide bonds. The first-order chi connectivity index (χ1) is 21.0. The van der Waals surface area contributed by atoms with Crippen LogP contribution in [-0.2, 0) is 0 Å². The normalized spacial score (nSPS) is 12.0. The van der Waals surface area contributed by atoms with Gasteiger partial charge in [0.25, 0.3) is 0 Å². The van der Waals surface area contributed by atoms with Crippen molar-refractivity contribution >= 4 is 76.2 Å². The molecule has 0 unspecified atom stereocenters. The monoisotopic (exact) mass is 549 g/mol. The topological polar surface area (TPSA) is 47.0 Å². The Morgan fingerprint density at radius 1 is 0.442 bits per heavy atom. The number of aryl methyl sites for hydroxylation is 1. The van der Waals surface area contributed by atoms with E-state index >= 15 is 0 Å². The Kier molecular flexibility index (Phi) is 4.83. The minimum atomic E-state index is -0.189. The molecule has 43 heavy (non-hydrogen) atoms. The highest BCUT2D eigenvalue weighted by Crippen LogP contribution is 2.38. The number of pyridine rings is 1. The van der Waals surface area contributed by atoms with Gasteiger partial charge in [-0.2, -0.15) is 0 Å². The van der Waals surface area contributed by atoms with Crippen LogP contribution in [0.15, 0.2) is 121 Å². The first kappa shape index (κ1) is 24.0. The van der Waals surface area contributed by atoms with E-state index in [1.807, 2.05) is 43.3 Å². The lowest BCUT2D eigenvalue weighted by atomic mass is 9.89. The molecule has 0 N–H and O–H groups in total. The van der Waals surface area contributed by atoms with Crippen molar-refractivity contribution in [1.82, 2.24) is 4.98 Å². The van der Waals surface area contributed by atoms with Crippen LogP contribution < -0.4 is 0 Å². The second-order valence-corrected chi connectivity index (χ2v) is 11.5. The lowest BCUT2D eigenvalue weighted by Crippen LogP contribution is -2.12. The van der Waals surface area contributed by atoms with Crippen LogP contribution in [0.2, 0.25) is 0 Å². The maximum Gasteiger partial charge on any atom is 0.211 e. The number of rotatable bonds is 4. The third-order valence-electron chi connectivity index (χ3n) is 8.98. The summed E-state index contributed by atoms with van der Waals surface area (Å²) in [7, 11) is 0. The van der Waals surface area contributed by atoms with Gasteiger partial charge < -0.3 is 0 Å². The summed E-state index contributed by atoms with van der Waals surface area (Å²) in [6, 6.07) is 40.6. The molecule has 0 atom stereocenters. The summed E-state index contributed by atoms with van der Waals surface area (Å²) in [6.45, 7) is 1.91. The molecule has 9 aromatic rings. The highest BCUT2D eigenvalue weighted by atomic mass is 16.1. The standard InChI is InChI=1S/C40H23NO2/c1-22-20-33(39(42)31-18-14-27-10-8-23-4-2-6-25-12-16-29(31)37(27)35(23)25)41-34(21-22)40(43)32-19-15-28-11-9-24-5-3-7-26-13-17-30(32)38(28)36(24)26/h2-21H,1H3. The molecular weight excluding hydrogens is 526 g/mol. The fraction of sp³-hybridized carbons (Fsp3) is 0.0250. The Bertz CT molecular complexity index is 2400. The third kappa shape index (κ3) is 3.39. The van der Waals surface area contributed by atoms with Gasteiger partial charge in [0.05, 0.1) is 0 Å². The van der Waals surface area contributed by atoms with Gasteiger partial charge in [0, 0.05) is 11.1 Å². The van der Waals surface area contributed by atoms with Crippen LogP contribution >= 0.6 is 0 Å². The predicted molar refractivity (Wildman–Crippen MR) is 176 cm³/mol. The predicted octanol–water partition coefficient (Wildman–Crippen LogP) is 9.65. The summed E-state index contributed by atoms with van der Waals surface area (Å²) in [4.78, 5) is 33.0.